The molecule has 1 aromatic heterocycles. The number of hydrogen-bond donors (Lipinski definition) is 1. The predicted octanol–water partition coefficient (Wildman–Crippen LogP) is 5.22. The molecule has 0 radical (unpaired) electrons. The predicted molar refractivity (Wildman–Crippen MR) is 118 cm³/mol. The van der Waals surface area contributed by atoms with Crippen LogP contribution in [0, 0.1) is 0 Å². The lowest BCUT2D eigenvalue weighted by Crippen LogP contribution is -2.17. The van der Waals surface area contributed by atoms with E-state index < -0.39 is 0 Å². The molecule has 1 unspecified atom stereocenters. The van der Waals surface area contributed by atoms with E-state index in [-0.39, 0.29) is 16.6 Å². The first-order chi connectivity index (χ1) is 13.9. The second kappa shape index (κ2) is 7.59. The van der Waals surface area contributed by atoms with Crippen LogP contribution in [0.15, 0.2) is 54.6 Å². The molecule has 3 aromatic rings. The van der Waals surface area contributed by atoms with Crippen LogP contribution in [-0.2, 0) is 5.41 Å². The molecule has 1 aliphatic rings. The number of methoxy groups -OCH3 is 1. The molecule has 0 spiro atoms. The van der Waals surface area contributed by atoms with E-state index >= 15 is 0 Å². The van der Waals surface area contributed by atoms with Crippen molar-refractivity contribution in [2.75, 3.05) is 18.2 Å². The lowest BCUT2D eigenvalue weighted by Gasteiger charge is -2.18. The van der Waals surface area contributed by atoms with Crippen LogP contribution < -0.4 is 10.1 Å². The second-order valence-electron chi connectivity index (χ2n) is 8.10. The van der Waals surface area contributed by atoms with Crippen molar-refractivity contribution in [2.24, 2.45) is 0 Å². The number of carbonyl (C=O) groups is 1. The molecule has 0 aliphatic carbocycles. The summed E-state index contributed by atoms with van der Waals surface area (Å²) in [5.74, 6) is 2.09. The number of para-hydroxylation sites is 1. The molecule has 4 rings (SSSR count). The minimum absolute atomic E-state index is 0.0573. The van der Waals surface area contributed by atoms with Crippen molar-refractivity contribution in [3.8, 4) is 11.4 Å². The van der Waals surface area contributed by atoms with Crippen molar-refractivity contribution in [1.29, 1.82) is 0 Å². The Kier molecular flexibility index (Phi) is 5.13. The third-order valence-corrected chi connectivity index (χ3v) is 6.10. The topological polar surface area (TPSA) is 56.1 Å². The molecular weight excluding hydrogens is 382 g/mol. The number of aromatic nitrogens is 2. The standard InChI is InChI=1S/C23H25N3O2S/c1-23(2,3)20-19-18(27)14-29-22(15-10-12-17(28-4)13-11-15)24-21(19)26(25-20)16-8-6-5-7-9-16/h5-13,22,24H,14H2,1-4H3. The Bertz CT molecular complexity index is 1020. The maximum atomic E-state index is 13.2. The Balaban J connectivity index is 1.84. The highest BCUT2D eigenvalue weighted by molar-refractivity contribution is 8.00. The van der Waals surface area contributed by atoms with Crippen LogP contribution in [0.25, 0.3) is 5.69 Å². The summed E-state index contributed by atoms with van der Waals surface area (Å²) in [5, 5.41) is 8.43. The maximum absolute atomic E-state index is 13.2. The van der Waals surface area contributed by atoms with E-state index in [1.165, 1.54) is 0 Å². The number of rotatable bonds is 3. The number of Topliss-reactive ketones (excluding diaryl/α,β-unsaturated/α-hetero) is 1. The Morgan fingerprint density at radius 2 is 1.79 bits per heavy atom. The number of hydrogen-bond acceptors (Lipinski definition) is 5. The van der Waals surface area contributed by atoms with Crippen LogP contribution in [0.5, 0.6) is 5.75 Å². The van der Waals surface area contributed by atoms with Crippen LogP contribution in [0.3, 0.4) is 0 Å². The van der Waals surface area contributed by atoms with E-state index in [1.54, 1.807) is 18.9 Å². The molecule has 2 aromatic carbocycles. The molecule has 1 aliphatic heterocycles. The molecule has 0 saturated heterocycles. The highest BCUT2D eigenvalue weighted by atomic mass is 32.2. The Morgan fingerprint density at radius 1 is 1.10 bits per heavy atom. The van der Waals surface area contributed by atoms with E-state index in [0.717, 1.165) is 28.5 Å². The molecule has 1 N–H and O–H groups in total. The van der Waals surface area contributed by atoms with Crippen molar-refractivity contribution in [1.82, 2.24) is 9.78 Å². The highest BCUT2D eigenvalue weighted by Crippen LogP contribution is 2.40. The zero-order valence-electron chi connectivity index (χ0n) is 17.1. The van der Waals surface area contributed by atoms with Crippen molar-refractivity contribution in [3.05, 3.63) is 71.4 Å². The highest BCUT2D eigenvalue weighted by Gasteiger charge is 2.34. The van der Waals surface area contributed by atoms with Crippen molar-refractivity contribution < 1.29 is 9.53 Å². The van der Waals surface area contributed by atoms with Gasteiger partial charge in [0, 0.05) is 5.41 Å². The van der Waals surface area contributed by atoms with E-state index in [2.05, 4.69) is 26.1 Å². The van der Waals surface area contributed by atoms with Gasteiger partial charge in [-0.25, -0.2) is 4.68 Å². The van der Waals surface area contributed by atoms with Gasteiger partial charge in [0.2, 0.25) is 0 Å². The molecule has 0 fully saturated rings. The quantitative estimate of drug-likeness (QED) is 0.645. The molecule has 0 amide bonds. The first-order valence-corrected chi connectivity index (χ1v) is 10.7. The molecule has 2 heterocycles. The molecule has 0 saturated carbocycles. The fraction of sp³-hybridized carbons (Fsp3) is 0.304. The van der Waals surface area contributed by atoms with Gasteiger partial charge in [-0.05, 0) is 29.8 Å². The van der Waals surface area contributed by atoms with Crippen LogP contribution >= 0.6 is 11.8 Å². The van der Waals surface area contributed by atoms with Gasteiger partial charge in [0.25, 0.3) is 0 Å². The van der Waals surface area contributed by atoms with Gasteiger partial charge in [-0.15, -0.1) is 11.8 Å². The van der Waals surface area contributed by atoms with Gasteiger partial charge >= 0.3 is 0 Å². The summed E-state index contributed by atoms with van der Waals surface area (Å²) < 4.78 is 7.15. The number of thioether (sulfide) groups is 1. The molecule has 6 heteroatoms. The summed E-state index contributed by atoms with van der Waals surface area (Å²) in [7, 11) is 1.66. The summed E-state index contributed by atoms with van der Waals surface area (Å²) in [6.07, 6.45) is 0. The number of anilines is 1. The molecular formula is C23H25N3O2S. The zero-order valence-corrected chi connectivity index (χ0v) is 17.9. The van der Waals surface area contributed by atoms with Crippen LogP contribution in [-0.4, -0.2) is 28.4 Å². The van der Waals surface area contributed by atoms with Crippen molar-refractivity contribution in [2.45, 2.75) is 31.6 Å². The minimum atomic E-state index is -0.244. The van der Waals surface area contributed by atoms with Gasteiger partial charge in [-0.1, -0.05) is 51.1 Å². The number of nitrogens with one attached hydrogen (secondary N) is 1. The lowest BCUT2D eigenvalue weighted by atomic mass is 9.88. The number of nitrogens with zero attached hydrogens (tertiary/aromatic N) is 2. The molecule has 150 valence electrons. The van der Waals surface area contributed by atoms with Gasteiger partial charge in [-0.3, -0.25) is 4.79 Å². The van der Waals surface area contributed by atoms with Crippen LogP contribution in [0.4, 0.5) is 5.82 Å². The van der Waals surface area contributed by atoms with Crippen LogP contribution in [0.2, 0.25) is 0 Å². The van der Waals surface area contributed by atoms with Crippen LogP contribution in [0.1, 0.15) is 47.8 Å². The SMILES string of the molecule is COc1ccc(C2Nc3c(c(C(C)(C)C)nn3-c3ccccc3)C(=O)CS2)cc1. The summed E-state index contributed by atoms with van der Waals surface area (Å²) in [6.45, 7) is 6.28. The molecule has 29 heavy (non-hydrogen) atoms. The minimum Gasteiger partial charge on any atom is -0.497 e. The number of carbonyl (C=O) groups excluding carboxylic acids is 1. The molecule has 5 nitrogen and oxygen atoms in total. The smallest absolute Gasteiger partial charge is 0.178 e. The van der Waals surface area contributed by atoms with Gasteiger partial charge in [-0.2, -0.15) is 5.10 Å². The van der Waals surface area contributed by atoms with E-state index in [9.17, 15) is 4.79 Å². The largest absolute Gasteiger partial charge is 0.497 e. The first-order valence-electron chi connectivity index (χ1n) is 9.62. The van der Waals surface area contributed by atoms with Crippen molar-refractivity contribution >= 4 is 23.4 Å². The molecule has 0 bridgehead atoms. The summed E-state index contributed by atoms with van der Waals surface area (Å²) in [4.78, 5) is 13.2. The fourth-order valence-corrected chi connectivity index (χ4v) is 4.46. The van der Waals surface area contributed by atoms with E-state index in [4.69, 9.17) is 9.84 Å². The zero-order chi connectivity index (χ0) is 20.6. The monoisotopic (exact) mass is 407 g/mol. The van der Waals surface area contributed by atoms with Crippen molar-refractivity contribution in [3.63, 3.8) is 0 Å². The lowest BCUT2D eigenvalue weighted by molar-refractivity contribution is 0.102. The number of ketones is 1. The summed E-state index contributed by atoms with van der Waals surface area (Å²) >= 11 is 1.60. The van der Waals surface area contributed by atoms with Gasteiger partial charge in [0.05, 0.1) is 35.2 Å². The first kappa shape index (κ1) is 19.6. The Morgan fingerprint density at radius 3 is 2.41 bits per heavy atom. The van der Waals surface area contributed by atoms with Gasteiger partial charge in [0.1, 0.15) is 11.6 Å². The fourth-order valence-electron chi connectivity index (χ4n) is 3.45. The normalized spacial score (nSPS) is 16.7. The number of benzene rings is 2. The van der Waals surface area contributed by atoms with Gasteiger partial charge < -0.3 is 10.1 Å². The maximum Gasteiger partial charge on any atom is 0.178 e. The summed E-state index contributed by atoms with van der Waals surface area (Å²) in [5.41, 5.74) is 3.30. The molecule has 1 atom stereocenters. The average Bonchev–Trinajstić information content (AvgIpc) is 3.03. The Labute approximate surface area is 175 Å². The summed E-state index contributed by atoms with van der Waals surface area (Å²) in [6, 6.07) is 17.9. The number of ether oxygens (including phenoxy) is 1. The Hall–Kier alpha value is -2.73. The number of fused-ring (bicyclic) bond motifs is 1. The van der Waals surface area contributed by atoms with Gasteiger partial charge in [0.15, 0.2) is 5.78 Å². The third-order valence-electron chi connectivity index (χ3n) is 4.94. The second-order valence-corrected chi connectivity index (χ2v) is 9.19. The average molecular weight is 408 g/mol. The van der Waals surface area contributed by atoms with E-state index in [0.29, 0.717) is 11.3 Å². The third kappa shape index (κ3) is 3.77. The van der Waals surface area contributed by atoms with E-state index in [1.807, 2.05) is 59.3 Å².